The third-order valence-corrected chi connectivity index (χ3v) is 7.00. The van der Waals surface area contributed by atoms with E-state index in [2.05, 4.69) is 12.2 Å². The minimum absolute atomic E-state index is 0.174. The van der Waals surface area contributed by atoms with Crippen LogP contribution in [0.2, 0.25) is 0 Å². The van der Waals surface area contributed by atoms with Gasteiger partial charge in [0, 0.05) is 32.2 Å². The minimum Gasteiger partial charge on any atom is -0.314 e. The van der Waals surface area contributed by atoms with Gasteiger partial charge in [-0.25, -0.2) is 0 Å². The average Bonchev–Trinajstić information content (AvgIpc) is 2.77. The predicted octanol–water partition coefficient (Wildman–Crippen LogP) is 1.96. The Morgan fingerprint density at radius 3 is 2.14 bits per heavy atom. The first kappa shape index (κ1) is 17.2. The first-order valence-corrected chi connectivity index (χ1v) is 9.92. The molecule has 0 spiro atoms. The summed E-state index contributed by atoms with van der Waals surface area (Å²) < 4.78 is 28.9. The minimum atomic E-state index is -3.27. The molecule has 1 aliphatic heterocycles. The molecule has 0 radical (unpaired) electrons. The van der Waals surface area contributed by atoms with Crippen LogP contribution in [-0.2, 0) is 10.2 Å². The largest absolute Gasteiger partial charge is 0.314 e. The van der Waals surface area contributed by atoms with Crippen molar-refractivity contribution in [3.63, 3.8) is 0 Å². The lowest BCUT2D eigenvalue weighted by Crippen LogP contribution is -2.49. The molecule has 0 aromatic rings. The molecule has 0 aromatic heterocycles. The third kappa shape index (κ3) is 4.41. The van der Waals surface area contributed by atoms with Gasteiger partial charge in [-0.2, -0.15) is 17.0 Å². The summed E-state index contributed by atoms with van der Waals surface area (Å²) in [6, 6.07) is 0.744. The van der Waals surface area contributed by atoms with Crippen LogP contribution in [0.1, 0.15) is 58.3 Å². The zero-order valence-electron chi connectivity index (χ0n) is 13.6. The van der Waals surface area contributed by atoms with Crippen LogP contribution in [0.4, 0.5) is 0 Å². The molecule has 1 aliphatic carbocycles. The molecule has 2 fully saturated rings. The molecule has 1 saturated carbocycles. The molecule has 5 nitrogen and oxygen atoms in total. The summed E-state index contributed by atoms with van der Waals surface area (Å²) in [5.41, 5.74) is 0. The van der Waals surface area contributed by atoms with Gasteiger partial charge in [0.1, 0.15) is 0 Å². The molecule has 6 heteroatoms. The van der Waals surface area contributed by atoms with E-state index in [0.29, 0.717) is 19.1 Å². The predicted molar refractivity (Wildman–Crippen MR) is 86.4 cm³/mol. The van der Waals surface area contributed by atoms with Crippen molar-refractivity contribution in [1.82, 2.24) is 13.9 Å². The van der Waals surface area contributed by atoms with Crippen molar-refractivity contribution in [1.29, 1.82) is 0 Å². The highest BCUT2D eigenvalue weighted by Gasteiger charge is 2.34. The monoisotopic (exact) mass is 317 g/mol. The van der Waals surface area contributed by atoms with E-state index in [1.54, 1.807) is 15.7 Å². The fourth-order valence-electron chi connectivity index (χ4n) is 3.58. The van der Waals surface area contributed by atoms with E-state index in [1.807, 2.05) is 0 Å². The van der Waals surface area contributed by atoms with E-state index in [-0.39, 0.29) is 6.04 Å². The van der Waals surface area contributed by atoms with Crippen molar-refractivity contribution in [3.05, 3.63) is 0 Å². The smallest absolute Gasteiger partial charge is 0.281 e. The van der Waals surface area contributed by atoms with Crippen LogP contribution in [0.25, 0.3) is 0 Å². The van der Waals surface area contributed by atoms with Gasteiger partial charge >= 0.3 is 0 Å². The quantitative estimate of drug-likeness (QED) is 0.843. The van der Waals surface area contributed by atoms with Gasteiger partial charge in [0.2, 0.25) is 0 Å². The molecule has 0 atom stereocenters. The van der Waals surface area contributed by atoms with Gasteiger partial charge in [0.25, 0.3) is 10.2 Å². The van der Waals surface area contributed by atoms with Crippen molar-refractivity contribution >= 4 is 10.2 Å². The highest BCUT2D eigenvalue weighted by Crippen LogP contribution is 2.26. The number of rotatable bonds is 5. The molecule has 1 heterocycles. The van der Waals surface area contributed by atoms with E-state index in [4.69, 9.17) is 0 Å². The first-order valence-electron chi connectivity index (χ1n) is 8.52. The summed E-state index contributed by atoms with van der Waals surface area (Å²) in [5, 5.41) is 3.48. The summed E-state index contributed by atoms with van der Waals surface area (Å²) >= 11 is 0. The van der Waals surface area contributed by atoms with Crippen molar-refractivity contribution in [2.75, 3.05) is 26.7 Å². The van der Waals surface area contributed by atoms with E-state index in [9.17, 15) is 8.42 Å². The van der Waals surface area contributed by atoms with Gasteiger partial charge in [-0.1, -0.05) is 19.8 Å². The molecule has 21 heavy (non-hydrogen) atoms. The summed E-state index contributed by atoms with van der Waals surface area (Å²) in [7, 11) is -1.49. The maximum atomic E-state index is 12.8. The first-order chi connectivity index (χ1) is 10.1. The van der Waals surface area contributed by atoms with E-state index in [1.165, 1.54) is 0 Å². The van der Waals surface area contributed by atoms with Crippen LogP contribution in [-0.4, -0.2) is 55.8 Å². The van der Waals surface area contributed by atoms with Crippen molar-refractivity contribution in [3.8, 4) is 0 Å². The molecule has 0 aromatic carbocycles. The topological polar surface area (TPSA) is 52.7 Å². The van der Waals surface area contributed by atoms with Crippen molar-refractivity contribution in [2.24, 2.45) is 0 Å². The molecule has 1 N–H and O–H groups in total. The Bertz CT molecular complexity index is 397. The molecule has 0 amide bonds. The van der Waals surface area contributed by atoms with Gasteiger partial charge in [-0.15, -0.1) is 0 Å². The third-order valence-electron chi connectivity index (χ3n) is 4.96. The zero-order valence-corrected chi connectivity index (χ0v) is 14.4. The van der Waals surface area contributed by atoms with Crippen LogP contribution in [0.3, 0.4) is 0 Å². The fraction of sp³-hybridized carbons (Fsp3) is 1.00. The molecule has 0 unspecified atom stereocenters. The maximum Gasteiger partial charge on any atom is 0.281 e. The summed E-state index contributed by atoms with van der Waals surface area (Å²) in [6.07, 6.45) is 8.42. The van der Waals surface area contributed by atoms with E-state index >= 15 is 0 Å². The van der Waals surface area contributed by atoms with E-state index in [0.717, 1.165) is 57.9 Å². The Kier molecular flexibility index (Phi) is 6.47. The second-order valence-electron chi connectivity index (χ2n) is 6.40. The average molecular weight is 317 g/mol. The van der Waals surface area contributed by atoms with Gasteiger partial charge < -0.3 is 5.32 Å². The molecule has 1 saturated heterocycles. The lowest BCUT2D eigenvalue weighted by molar-refractivity contribution is 0.237. The van der Waals surface area contributed by atoms with Crippen LogP contribution < -0.4 is 5.32 Å². The second kappa shape index (κ2) is 7.90. The SMILES string of the molecule is CCNC1CCC(N(C)S(=O)(=O)N2CCCCCC2)CC1. The summed E-state index contributed by atoms with van der Waals surface area (Å²) in [6.45, 7) is 4.51. The Morgan fingerprint density at radius 2 is 1.62 bits per heavy atom. The highest BCUT2D eigenvalue weighted by molar-refractivity contribution is 7.86. The number of nitrogens with zero attached hydrogens (tertiary/aromatic N) is 2. The van der Waals surface area contributed by atoms with Crippen LogP contribution >= 0.6 is 0 Å². The summed E-state index contributed by atoms with van der Waals surface area (Å²) in [4.78, 5) is 0. The fourth-order valence-corrected chi connectivity index (χ4v) is 5.25. The standard InChI is InChI=1S/C15H31N3O2S/c1-3-16-14-8-10-15(11-9-14)17(2)21(19,20)18-12-6-4-5-7-13-18/h14-16H,3-13H2,1-2H3. The number of hydrogen-bond acceptors (Lipinski definition) is 3. The lowest BCUT2D eigenvalue weighted by atomic mass is 9.91. The Morgan fingerprint density at radius 1 is 1.05 bits per heavy atom. The molecule has 2 rings (SSSR count). The maximum absolute atomic E-state index is 12.8. The Labute approximate surface area is 130 Å². The van der Waals surface area contributed by atoms with Crippen LogP contribution in [0, 0.1) is 0 Å². The Hall–Kier alpha value is -0.170. The second-order valence-corrected chi connectivity index (χ2v) is 8.39. The molecular weight excluding hydrogens is 286 g/mol. The number of nitrogens with one attached hydrogen (secondary N) is 1. The molecular formula is C15H31N3O2S. The lowest BCUT2D eigenvalue weighted by Gasteiger charge is -2.36. The van der Waals surface area contributed by atoms with Gasteiger partial charge in [0.05, 0.1) is 0 Å². The zero-order chi connectivity index (χ0) is 15.3. The van der Waals surface area contributed by atoms with Crippen LogP contribution in [0.15, 0.2) is 0 Å². The molecule has 0 bridgehead atoms. The number of hydrogen-bond donors (Lipinski definition) is 1. The van der Waals surface area contributed by atoms with Gasteiger partial charge in [0.15, 0.2) is 0 Å². The Balaban J connectivity index is 1.93. The molecule has 124 valence electrons. The van der Waals surface area contributed by atoms with Gasteiger partial charge in [-0.3, -0.25) is 0 Å². The summed E-state index contributed by atoms with van der Waals surface area (Å²) in [5.74, 6) is 0. The van der Waals surface area contributed by atoms with E-state index < -0.39 is 10.2 Å². The van der Waals surface area contributed by atoms with Crippen LogP contribution in [0.5, 0.6) is 0 Å². The highest BCUT2D eigenvalue weighted by atomic mass is 32.2. The van der Waals surface area contributed by atoms with Crippen molar-refractivity contribution in [2.45, 2.75) is 70.4 Å². The molecule has 2 aliphatic rings. The van der Waals surface area contributed by atoms with Crippen molar-refractivity contribution < 1.29 is 8.42 Å². The van der Waals surface area contributed by atoms with Gasteiger partial charge in [-0.05, 0) is 45.1 Å². The normalized spacial score (nSPS) is 29.5.